The van der Waals surface area contributed by atoms with E-state index >= 15 is 0 Å². The van der Waals surface area contributed by atoms with Crippen molar-refractivity contribution in [1.29, 1.82) is 0 Å². The smallest absolute Gasteiger partial charge is 0.311 e. The van der Waals surface area contributed by atoms with Gasteiger partial charge in [-0.3, -0.25) is 9.78 Å². The summed E-state index contributed by atoms with van der Waals surface area (Å²) in [7, 11) is 0. The lowest BCUT2D eigenvalue weighted by Gasteiger charge is -2.28. The van der Waals surface area contributed by atoms with Gasteiger partial charge in [0.1, 0.15) is 0 Å². The molecule has 0 aromatic carbocycles. The predicted octanol–water partition coefficient (Wildman–Crippen LogP) is 2.14. The number of nitrogens with one attached hydrogen (secondary N) is 1. The number of nitrogens with zero attached hydrogens (tertiary/aromatic N) is 1. The maximum Gasteiger partial charge on any atom is 0.311 e. The third-order valence-corrected chi connectivity index (χ3v) is 3.47. The lowest BCUT2D eigenvalue weighted by Crippen LogP contribution is -2.40. The van der Waals surface area contributed by atoms with Crippen LogP contribution in [0.3, 0.4) is 0 Å². The molecule has 1 saturated carbocycles. The Balaban J connectivity index is 2.13. The number of pyridine rings is 1. The number of anilines is 1. The quantitative estimate of drug-likeness (QED) is 0.819. The van der Waals surface area contributed by atoms with Crippen molar-refractivity contribution >= 4 is 11.7 Å². The molecule has 1 fully saturated rings. The fourth-order valence-corrected chi connectivity index (χ4v) is 2.30. The highest BCUT2D eigenvalue weighted by atomic mass is 16.4. The van der Waals surface area contributed by atoms with E-state index < -0.39 is 11.4 Å². The van der Waals surface area contributed by atoms with Crippen LogP contribution in [0.25, 0.3) is 0 Å². The normalized spacial score (nSPS) is 28.9. The van der Waals surface area contributed by atoms with E-state index in [2.05, 4.69) is 10.3 Å². The van der Waals surface area contributed by atoms with Crippen LogP contribution in [0.5, 0.6) is 0 Å². The Morgan fingerprint density at radius 2 is 2.25 bits per heavy atom. The second kappa shape index (κ2) is 4.12. The molecule has 0 amide bonds. The minimum atomic E-state index is -0.712. The number of carboxylic acid groups (broad SMARTS) is 1. The van der Waals surface area contributed by atoms with Gasteiger partial charge in [0.15, 0.2) is 0 Å². The highest BCUT2D eigenvalue weighted by Gasteiger charge is 2.45. The summed E-state index contributed by atoms with van der Waals surface area (Å²) in [5.41, 5.74) is 0.290. The molecule has 86 valence electrons. The Bertz CT molecular complexity index is 380. The van der Waals surface area contributed by atoms with Crippen molar-refractivity contribution < 1.29 is 9.90 Å². The number of hydrogen-bond acceptors (Lipinski definition) is 3. The first-order valence-electron chi connectivity index (χ1n) is 5.53. The van der Waals surface area contributed by atoms with Crippen LogP contribution < -0.4 is 5.32 Å². The molecule has 16 heavy (non-hydrogen) atoms. The first-order chi connectivity index (χ1) is 7.63. The fourth-order valence-electron chi connectivity index (χ4n) is 2.30. The topological polar surface area (TPSA) is 62.2 Å². The van der Waals surface area contributed by atoms with E-state index in [0.29, 0.717) is 0 Å². The van der Waals surface area contributed by atoms with Crippen molar-refractivity contribution in [3.63, 3.8) is 0 Å². The van der Waals surface area contributed by atoms with Crippen molar-refractivity contribution in [2.75, 3.05) is 5.32 Å². The molecule has 2 atom stereocenters. The van der Waals surface area contributed by atoms with Crippen LogP contribution in [0.1, 0.15) is 26.2 Å². The SMILES string of the molecule is CC1(C(=O)O)CCCC1Nc1ccncc1. The van der Waals surface area contributed by atoms with E-state index in [-0.39, 0.29) is 6.04 Å². The average Bonchev–Trinajstić information content (AvgIpc) is 2.63. The third kappa shape index (κ3) is 1.87. The Kier molecular flexibility index (Phi) is 2.81. The maximum absolute atomic E-state index is 11.3. The molecule has 4 heteroatoms. The highest BCUT2D eigenvalue weighted by Crippen LogP contribution is 2.39. The van der Waals surface area contributed by atoms with E-state index in [4.69, 9.17) is 0 Å². The van der Waals surface area contributed by atoms with Crippen LogP contribution in [0, 0.1) is 5.41 Å². The monoisotopic (exact) mass is 220 g/mol. The first kappa shape index (κ1) is 10.9. The molecule has 2 rings (SSSR count). The molecule has 4 nitrogen and oxygen atoms in total. The summed E-state index contributed by atoms with van der Waals surface area (Å²) < 4.78 is 0. The van der Waals surface area contributed by atoms with Gasteiger partial charge in [0, 0.05) is 24.1 Å². The summed E-state index contributed by atoms with van der Waals surface area (Å²) in [5.74, 6) is -0.712. The Hall–Kier alpha value is -1.58. The molecule has 1 heterocycles. The molecule has 2 N–H and O–H groups in total. The zero-order valence-corrected chi connectivity index (χ0v) is 9.31. The summed E-state index contributed by atoms with van der Waals surface area (Å²) in [6.45, 7) is 1.82. The zero-order valence-electron chi connectivity index (χ0n) is 9.31. The van der Waals surface area contributed by atoms with Crippen molar-refractivity contribution in [2.45, 2.75) is 32.2 Å². The Morgan fingerprint density at radius 3 is 2.88 bits per heavy atom. The molecule has 1 aromatic heterocycles. The molecule has 0 spiro atoms. The number of hydrogen-bond donors (Lipinski definition) is 2. The van der Waals surface area contributed by atoms with Crippen molar-refractivity contribution in [1.82, 2.24) is 4.98 Å². The van der Waals surface area contributed by atoms with E-state index in [1.54, 1.807) is 12.4 Å². The van der Waals surface area contributed by atoms with Gasteiger partial charge in [0.05, 0.1) is 5.41 Å². The van der Waals surface area contributed by atoms with Gasteiger partial charge in [-0.25, -0.2) is 0 Å². The van der Waals surface area contributed by atoms with E-state index in [9.17, 15) is 9.90 Å². The summed E-state index contributed by atoms with van der Waals surface area (Å²) in [6, 6.07) is 3.73. The number of rotatable bonds is 3. The minimum absolute atomic E-state index is 0.00685. The van der Waals surface area contributed by atoms with Crippen molar-refractivity contribution in [2.24, 2.45) is 5.41 Å². The van der Waals surface area contributed by atoms with Crippen LogP contribution >= 0.6 is 0 Å². The summed E-state index contributed by atoms with van der Waals surface area (Å²) >= 11 is 0. The molecule has 1 aliphatic carbocycles. The lowest BCUT2D eigenvalue weighted by molar-refractivity contribution is -0.147. The molecule has 0 radical (unpaired) electrons. The predicted molar refractivity (Wildman–Crippen MR) is 61.2 cm³/mol. The zero-order chi connectivity index (χ0) is 11.6. The molecule has 2 unspecified atom stereocenters. The van der Waals surface area contributed by atoms with Gasteiger partial charge in [0.2, 0.25) is 0 Å². The summed E-state index contributed by atoms with van der Waals surface area (Å²) in [4.78, 5) is 15.2. The molecular formula is C12H16N2O2. The van der Waals surface area contributed by atoms with Crippen LogP contribution in [-0.4, -0.2) is 22.1 Å². The summed E-state index contributed by atoms with van der Waals surface area (Å²) in [6.07, 6.45) is 6.02. The molecule has 0 aliphatic heterocycles. The van der Waals surface area contributed by atoms with Crippen molar-refractivity contribution in [3.05, 3.63) is 24.5 Å². The second-order valence-electron chi connectivity index (χ2n) is 4.55. The Labute approximate surface area is 94.7 Å². The fraction of sp³-hybridized carbons (Fsp3) is 0.500. The number of aliphatic carboxylic acids is 1. The maximum atomic E-state index is 11.3. The van der Waals surface area contributed by atoms with E-state index in [0.717, 1.165) is 24.9 Å². The van der Waals surface area contributed by atoms with Gasteiger partial charge >= 0.3 is 5.97 Å². The number of aromatic nitrogens is 1. The molecule has 0 saturated heterocycles. The van der Waals surface area contributed by atoms with E-state index in [1.807, 2.05) is 19.1 Å². The second-order valence-corrected chi connectivity index (χ2v) is 4.55. The highest BCUT2D eigenvalue weighted by molar-refractivity contribution is 5.76. The lowest BCUT2D eigenvalue weighted by atomic mass is 9.85. The van der Waals surface area contributed by atoms with Gasteiger partial charge in [-0.1, -0.05) is 6.42 Å². The van der Waals surface area contributed by atoms with Crippen molar-refractivity contribution in [3.8, 4) is 0 Å². The Morgan fingerprint density at radius 1 is 1.56 bits per heavy atom. The number of carboxylic acids is 1. The van der Waals surface area contributed by atoms with Crippen LogP contribution in [0.2, 0.25) is 0 Å². The summed E-state index contributed by atoms with van der Waals surface area (Å²) in [5, 5.41) is 12.6. The number of carbonyl (C=O) groups is 1. The largest absolute Gasteiger partial charge is 0.481 e. The third-order valence-electron chi connectivity index (χ3n) is 3.47. The molecular weight excluding hydrogens is 204 g/mol. The van der Waals surface area contributed by atoms with Crippen LogP contribution in [-0.2, 0) is 4.79 Å². The van der Waals surface area contributed by atoms with Gasteiger partial charge in [-0.15, -0.1) is 0 Å². The van der Waals surface area contributed by atoms with Crippen LogP contribution in [0.15, 0.2) is 24.5 Å². The van der Waals surface area contributed by atoms with Gasteiger partial charge in [-0.05, 0) is 31.9 Å². The standard InChI is InChI=1S/C12H16N2O2/c1-12(11(15)16)6-2-3-10(12)14-9-4-7-13-8-5-9/h4-5,7-8,10H,2-3,6H2,1H3,(H,13,14)(H,15,16). The van der Waals surface area contributed by atoms with Gasteiger partial charge in [0.25, 0.3) is 0 Å². The average molecular weight is 220 g/mol. The van der Waals surface area contributed by atoms with Gasteiger partial charge < -0.3 is 10.4 Å². The van der Waals surface area contributed by atoms with Gasteiger partial charge in [-0.2, -0.15) is 0 Å². The molecule has 1 aliphatic rings. The molecule has 0 bridgehead atoms. The van der Waals surface area contributed by atoms with Crippen LogP contribution in [0.4, 0.5) is 5.69 Å². The molecule has 1 aromatic rings. The minimum Gasteiger partial charge on any atom is -0.481 e. The first-order valence-corrected chi connectivity index (χ1v) is 5.53. The van der Waals surface area contributed by atoms with E-state index in [1.165, 1.54) is 0 Å².